The van der Waals surface area contributed by atoms with Gasteiger partial charge in [-0.05, 0) is 31.5 Å². The first-order chi connectivity index (χ1) is 8.17. The van der Waals surface area contributed by atoms with Gasteiger partial charge in [-0.2, -0.15) is 5.26 Å². The van der Waals surface area contributed by atoms with Crippen molar-refractivity contribution in [2.24, 2.45) is 0 Å². The van der Waals surface area contributed by atoms with Gasteiger partial charge in [0.2, 0.25) is 0 Å². The molecule has 1 saturated heterocycles. The summed E-state index contributed by atoms with van der Waals surface area (Å²) in [6.07, 6.45) is 2.24. The minimum absolute atomic E-state index is 0.274. The molecule has 4 nitrogen and oxygen atoms in total. The van der Waals surface area contributed by atoms with Gasteiger partial charge in [0.15, 0.2) is 0 Å². The minimum Gasteiger partial charge on any atom is -0.373 e. The summed E-state index contributed by atoms with van der Waals surface area (Å²) < 4.78 is 5.69. The third-order valence-corrected chi connectivity index (χ3v) is 2.84. The van der Waals surface area contributed by atoms with E-state index in [0.29, 0.717) is 5.69 Å². The standard InChI is InChI=1S/C13H17N3O/c1-10-7-16(8-11(2)17-10)9-12-3-4-15-13(5-12)6-14/h3-5,10-11H,7-9H2,1-2H3. The summed E-state index contributed by atoms with van der Waals surface area (Å²) in [4.78, 5) is 6.33. The highest BCUT2D eigenvalue weighted by Gasteiger charge is 2.21. The highest BCUT2D eigenvalue weighted by Crippen LogP contribution is 2.14. The summed E-state index contributed by atoms with van der Waals surface area (Å²) >= 11 is 0. The number of hydrogen-bond acceptors (Lipinski definition) is 4. The molecule has 0 radical (unpaired) electrons. The van der Waals surface area contributed by atoms with E-state index in [-0.39, 0.29) is 12.2 Å². The summed E-state index contributed by atoms with van der Waals surface area (Å²) in [7, 11) is 0. The number of aromatic nitrogens is 1. The SMILES string of the molecule is CC1CN(Cc2ccnc(C#N)c2)CC(C)O1. The number of hydrogen-bond donors (Lipinski definition) is 0. The van der Waals surface area contributed by atoms with Crippen LogP contribution in [0.15, 0.2) is 18.3 Å². The van der Waals surface area contributed by atoms with Crippen LogP contribution in [0.25, 0.3) is 0 Å². The van der Waals surface area contributed by atoms with Crippen molar-refractivity contribution in [3.8, 4) is 6.07 Å². The molecular formula is C13H17N3O. The lowest BCUT2D eigenvalue weighted by Crippen LogP contribution is -2.44. The largest absolute Gasteiger partial charge is 0.373 e. The molecule has 0 aliphatic carbocycles. The average molecular weight is 231 g/mol. The highest BCUT2D eigenvalue weighted by atomic mass is 16.5. The predicted octanol–water partition coefficient (Wildman–Crippen LogP) is 1.56. The maximum absolute atomic E-state index is 8.81. The number of rotatable bonds is 2. The molecule has 0 amide bonds. The van der Waals surface area contributed by atoms with Crippen molar-refractivity contribution in [2.45, 2.75) is 32.6 Å². The third-order valence-electron chi connectivity index (χ3n) is 2.84. The van der Waals surface area contributed by atoms with Gasteiger partial charge in [-0.1, -0.05) is 0 Å². The lowest BCUT2D eigenvalue weighted by molar-refractivity contribution is -0.0704. The van der Waals surface area contributed by atoms with Gasteiger partial charge < -0.3 is 4.74 Å². The molecule has 0 bridgehead atoms. The molecule has 0 N–H and O–H groups in total. The van der Waals surface area contributed by atoms with Crippen molar-refractivity contribution in [2.75, 3.05) is 13.1 Å². The quantitative estimate of drug-likeness (QED) is 0.775. The molecule has 2 heterocycles. The zero-order valence-corrected chi connectivity index (χ0v) is 10.3. The molecule has 4 heteroatoms. The average Bonchev–Trinajstić information content (AvgIpc) is 2.28. The first-order valence-corrected chi connectivity index (χ1v) is 5.90. The smallest absolute Gasteiger partial charge is 0.140 e. The summed E-state index contributed by atoms with van der Waals surface area (Å²) in [5, 5.41) is 8.81. The molecule has 0 aromatic carbocycles. The molecule has 2 rings (SSSR count). The van der Waals surface area contributed by atoms with E-state index in [2.05, 4.69) is 29.8 Å². The highest BCUT2D eigenvalue weighted by molar-refractivity contribution is 5.25. The molecule has 1 aromatic rings. The van der Waals surface area contributed by atoms with E-state index in [9.17, 15) is 0 Å². The predicted molar refractivity (Wildman–Crippen MR) is 64.2 cm³/mol. The normalized spacial score (nSPS) is 25.5. The van der Waals surface area contributed by atoms with E-state index in [1.165, 1.54) is 0 Å². The minimum atomic E-state index is 0.274. The first-order valence-electron chi connectivity index (χ1n) is 5.90. The van der Waals surface area contributed by atoms with Crippen molar-refractivity contribution < 1.29 is 4.74 Å². The van der Waals surface area contributed by atoms with Crippen molar-refractivity contribution >= 4 is 0 Å². The Labute approximate surface area is 102 Å². The second-order valence-corrected chi connectivity index (χ2v) is 4.61. The number of nitriles is 1. The third kappa shape index (κ3) is 3.26. The Hall–Kier alpha value is -1.44. The van der Waals surface area contributed by atoms with Crippen LogP contribution in [0.3, 0.4) is 0 Å². The number of ether oxygens (including phenoxy) is 1. The van der Waals surface area contributed by atoms with Crippen molar-refractivity contribution in [3.05, 3.63) is 29.6 Å². The lowest BCUT2D eigenvalue weighted by Gasteiger charge is -2.35. The molecule has 1 fully saturated rings. The van der Waals surface area contributed by atoms with Gasteiger partial charge in [-0.3, -0.25) is 4.90 Å². The second-order valence-electron chi connectivity index (χ2n) is 4.61. The topological polar surface area (TPSA) is 49.2 Å². The number of pyridine rings is 1. The Morgan fingerprint density at radius 3 is 2.82 bits per heavy atom. The maximum atomic E-state index is 8.81. The van der Waals surface area contributed by atoms with E-state index in [1.807, 2.05) is 12.1 Å². The second kappa shape index (κ2) is 5.26. The summed E-state index contributed by atoms with van der Waals surface area (Å²) in [6.45, 7) is 6.92. The summed E-state index contributed by atoms with van der Waals surface area (Å²) in [5.41, 5.74) is 1.62. The molecule has 1 aromatic heterocycles. The van der Waals surface area contributed by atoms with E-state index in [1.54, 1.807) is 6.20 Å². The van der Waals surface area contributed by atoms with Gasteiger partial charge in [0.25, 0.3) is 0 Å². The summed E-state index contributed by atoms with van der Waals surface area (Å²) in [6, 6.07) is 5.88. The molecule has 1 aliphatic heterocycles. The van der Waals surface area contributed by atoms with Crippen LogP contribution in [0, 0.1) is 11.3 Å². The van der Waals surface area contributed by atoms with Crippen LogP contribution in [0.5, 0.6) is 0 Å². The lowest BCUT2D eigenvalue weighted by atomic mass is 10.1. The zero-order chi connectivity index (χ0) is 12.3. The molecular weight excluding hydrogens is 214 g/mol. The molecule has 0 saturated carbocycles. The fourth-order valence-electron chi connectivity index (χ4n) is 2.31. The Morgan fingerprint density at radius 2 is 2.18 bits per heavy atom. The van der Waals surface area contributed by atoms with Crippen LogP contribution < -0.4 is 0 Å². The Balaban J connectivity index is 2.02. The van der Waals surface area contributed by atoms with Gasteiger partial charge in [-0.15, -0.1) is 0 Å². The van der Waals surface area contributed by atoms with Crippen LogP contribution in [0.1, 0.15) is 25.1 Å². The van der Waals surface area contributed by atoms with Crippen LogP contribution in [-0.4, -0.2) is 35.2 Å². The van der Waals surface area contributed by atoms with Crippen LogP contribution >= 0.6 is 0 Å². The Kier molecular flexibility index (Phi) is 3.72. The van der Waals surface area contributed by atoms with E-state index in [0.717, 1.165) is 25.2 Å². The van der Waals surface area contributed by atoms with Crippen LogP contribution in [0.2, 0.25) is 0 Å². The Bertz CT molecular complexity index is 417. The van der Waals surface area contributed by atoms with Crippen molar-refractivity contribution in [1.82, 2.24) is 9.88 Å². The fraction of sp³-hybridized carbons (Fsp3) is 0.538. The van der Waals surface area contributed by atoms with Crippen molar-refractivity contribution in [1.29, 1.82) is 5.26 Å². The Morgan fingerprint density at radius 1 is 1.47 bits per heavy atom. The number of nitrogens with zero attached hydrogens (tertiary/aromatic N) is 3. The van der Waals surface area contributed by atoms with Crippen LogP contribution in [-0.2, 0) is 11.3 Å². The van der Waals surface area contributed by atoms with Gasteiger partial charge >= 0.3 is 0 Å². The van der Waals surface area contributed by atoms with E-state index in [4.69, 9.17) is 10.00 Å². The molecule has 17 heavy (non-hydrogen) atoms. The van der Waals surface area contributed by atoms with Gasteiger partial charge in [0.05, 0.1) is 12.2 Å². The number of morpholine rings is 1. The first kappa shape index (κ1) is 12.0. The molecule has 2 unspecified atom stereocenters. The van der Waals surface area contributed by atoms with E-state index < -0.39 is 0 Å². The summed E-state index contributed by atoms with van der Waals surface area (Å²) in [5.74, 6) is 0. The monoisotopic (exact) mass is 231 g/mol. The van der Waals surface area contributed by atoms with Crippen molar-refractivity contribution in [3.63, 3.8) is 0 Å². The van der Waals surface area contributed by atoms with Gasteiger partial charge in [-0.25, -0.2) is 4.98 Å². The molecule has 90 valence electrons. The fourth-order valence-corrected chi connectivity index (χ4v) is 2.31. The van der Waals surface area contributed by atoms with Crippen LogP contribution in [0.4, 0.5) is 0 Å². The van der Waals surface area contributed by atoms with Gasteiger partial charge in [0.1, 0.15) is 11.8 Å². The molecule has 2 atom stereocenters. The zero-order valence-electron chi connectivity index (χ0n) is 10.3. The molecule has 0 spiro atoms. The van der Waals surface area contributed by atoms with E-state index >= 15 is 0 Å². The molecule has 1 aliphatic rings. The van der Waals surface area contributed by atoms with Gasteiger partial charge in [0, 0.05) is 25.8 Å². The maximum Gasteiger partial charge on any atom is 0.140 e.